The van der Waals surface area contributed by atoms with Crippen molar-refractivity contribution < 1.29 is 18.0 Å². The van der Waals surface area contributed by atoms with Crippen molar-refractivity contribution in [3.8, 4) is 0 Å². The molecule has 2 aliphatic carbocycles. The van der Waals surface area contributed by atoms with E-state index in [0.29, 0.717) is 26.1 Å². The molecule has 1 saturated heterocycles. The van der Waals surface area contributed by atoms with Crippen LogP contribution < -0.4 is 5.32 Å². The first-order chi connectivity index (χ1) is 13.0. The molecule has 0 bridgehead atoms. The van der Waals surface area contributed by atoms with E-state index in [2.05, 4.69) is 29.4 Å². The van der Waals surface area contributed by atoms with Gasteiger partial charge in [0.1, 0.15) is 0 Å². The van der Waals surface area contributed by atoms with Crippen LogP contribution in [0.5, 0.6) is 0 Å². The van der Waals surface area contributed by atoms with Crippen LogP contribution in [0.15, 0.2) is 32.9 Å². The number of likely N-dealkylation sites (tertiary alicyclic amines) is 1. The zero-order chi connectivity index (χ0) is 19.9. The molecule has 0 radical (unpaired) electrons. The minimum absolute atomic E-state index is 0.101. The minimum atomic E-state index is -4.17. The van der Waals surface area contributed by atoms with Crippen molar-refractivity contribution in [1.82, 2.24) is 10.2 Å². The molecule has 0 aromatic rings. The molecule has 0 atom stereocenters. The highest BCUT2D eigenvalue weighted by atomic mass is 19.4. The van der Waals surface area contributed by atoms with E-state index in [9.17, 15) is 18.0 Å². The minimum Gasteiger partial charge on any atom is -0.342 e. The number of dihydropyridines is 1. The second-order valence-electron chi connectivity index (χ2n) is 10.2. The van der Waals surface area contributed by atoms with Crippen LogP contribution in [-0.4, -0.2) is 43.0 Å². The number of hydrogen-bond donors (Lipinski definition) is 1. The second-order valence-corrected chi connectivity index (χ2v) is 10.2. The van der Waals surface area contributed by atoms with Crippen molar-refractivity contribution in [2.75, 3.05) is 26.2 Å². The van der Waals surface area contributed by atoms with Gasteiger partial charge in [-0.1, -0.05) is 13.8 Å². The first-order valence-corrected chi connectivity index (χ1v) is 9.95. The normalized spacial score (nSPS) is 36.8. The highest BCUT2D eigenvalue weighted by Crippen LogP contribution is 2.68. The maximum absolute atomic E-state index is 13.2. The maximum atomic E-state index is 13.2. The molecule has 2 fully saturated rings. The van der Waals surface area contributed by atoms with Gasteiger partial charge in [0.05, 0.1) is 13.1 Å². The Balaban J connectivity index is 1.45. The van der Waals surface area contributed by atoms with Crippen LogP contribution in [0.1, 0.15) is 46.0 Å². The summed E-state index contributed by atoms with van der Waals surface area (Å²) in [6.45, 7) is 4.76. The number of rotatable bonds is 1. The summed E-state index contributed by atoms with van der Waals surface area (Å²) >= 11 is 0. The third-order valence-electron chi connectivity index (χ3n) is 7.16. The van der Waals surface area contributed by atoms with E-state index in [4.69, 9.17) is 0 Å². The van der Waals surface area contributed by atoms with Crippen LogP contribution >= 0.6 is 0 Å². The van der Waals surface area contributed by atoms with Crippen molar-refractivity contribution >= 4 is 5.78 Å². The number of nitrogens with zero attached hydrogens (tertiary/aromatic N) is 3. The van der Waals surface area contributed by atoms with Gasteiger partial charge >= 0.3 is 6.18 Å². The lowest BCUT2D eigenvalue weighted by atomic mass is 9.45. The van der Waals surface area contributed by atoms with Crippen LogP contribution in [0, 0.1) is 16.2 Å². The number of carbonyl (C=O) groups is 1. The van der Waals surface area contributed by atoms with Crippen LogP contribution in [0.4, 0.5) is 13.2 Å². The van der Waals surface area contributed by atoms with Gasteiger partial charge in [0.15, 0.2) is 11.6 Å². The lowest BCUT2D eigenvalue weighted by Gasteiger charge is -2.59. The smallest absolute Gasteiger partial charge is 0.342 e. The van der Waals surface area contributed by atoms with Gasteiger partial charge < -0.3 is 5.32 Å². The Bertz CT molecular complexity index is 846. The van der Waals surface area contributed by atoms with E-state index in [1.807, 2.05) is 0 Å². The molecule has 5 nitrogen and oxygen atoms in total. The van der Waals surface area contributed by atoms with Gasteiger partial charge in [-0.05, 0) is 43.1 Å². The number of carbonyl (C=O) groups excluding carboxylic acids is 1. The summed E-state index contributed by atoms with van der Waals surface area (Å²) in [6, 6.07) is 0. The Morgan fingerprint density at radius 2 is 1.96 bits per heavy atom. The Kier molecular flexibility index (Phi) is 3.58. The molecule has 152 valence electrons. The number of hydrogen-bond acceptors (Lipinski definition) is 5. The number of nitrogens with one attached hydrogen (secondary N) is 1. The summed E-state index contributed by atoms with van der Waals surface area (Å²) < 4.78 is 38.4. The highest BCUT2D eigenvalue weighted by Gasteiger charge is 2.64. The van der Waals surface area contributed by atoms with E-state index in [0.717, 1.165) is 48.3 Å². The van der Waals surface area contributed by atoms with Gasteiger partial charge in [-0.2, -0.15) is 18.3 Å². The van der Waals surface area contributed by atoms with Crippen LogP contribution in [0.3, 0.4) is 0 Å². The molecule has 1 N–H and O–H groups in total. The van der Waals surface area contributed by atoms with E-state index in [1.165, 1.54) is 4.90 Å². The maximum Gasteiger partial charge on any atom is 0.401 e. The molecule has 28 heavy (non-hydrogen) atoms. The largest absolute Gasteiger partial charge is 0.401 e. The quantitative estimate of drug-likeness (QED) is 0.733. The summed E-state index contributed by atoms with van der Waals surface area (Å²) in [5.41, 5.74) is 2.30. The van der Waals surface area contributed by atoms with E-state index in [1.54, 1.807) is 0 Å². The summed E-state index contributed by atoms with van der Waals surface area (Å²) in [7, 11) is 0. The molecule has 0 unspecified atom stereocenters. The fourth-order valence-corrected chi connectivity index (χ4v) is 6.39. The average Bonchev–Trinajstić information content (AvgIpc) is 3.10. The Morgan fingerprint density at radius 3 is 2.68 bits per heavy atom. The van der Waals surface area contributed by atoms with E-state index in [-0.39, 0.29) is 22.0 Å². The van der Waals surface area contributed by atoms with Gasteiger partial charge in [0.25, 0.3) is 0 Å². The van der Waals surface area contributed by atoms with Crippen LogP contribution in [-0.2, 0) is 4.79 Å². The summed E-state index contributed by atoms with van der Waals surface area (Å²) in [4.78, 5) is 14.7. The molecule has 5 rings (SSSR count). The number of Topliss-reactive ketones (excluding diaryl/α,β-unsaturated/α-hetero) is 1. The Labute approximate surface area is 162 Å². The van der Waals surface area contributed by atoms with Crippen molar-refractivity contribution in [3.63, 3.8) is 0 Å². The average molecular weight is 394 g/mol. The van der Waals surface area contributed by atoms with Gasteiger partial charge in [-0.15, -0.1) is 5.11 Å². The molecule has 3 aliphatic heterocycles. The van der Waals surface area contributed by atoms with Gasteiger partial charge in [0.2, 0.25) is 0 Å². The van der Waals surface area contributed by atoms with Crippen molar-refractivity contribution in [3.05, 3.63) is 22.7 Å². The van der Waals surface area contributed by atoms with Crippen LogP contribution in [0.2, 0.25) is 0 Å². The third-order valence-corrected chi connectivity index (χ3v) is 7.16. The number of ketones is 1. The van der Waals surface area contributed by atoms with E-state index >= 15 is 0 Å². The molecule has 0 amide bonds. The second kappa shape index (κ2) is 5.46. The molecule has 0 aromatic heterocycles. The fraction of sp³-hybridized carbons (Fsp3) is 0.750. The lowest BCUT2D eigenvalue weighted by Crippen LogP contribution is -2.56. The van der Waals surface area contributed by atoms with Crippen molar-refractivity contribution in [1.29, 1.82) is 0 Å². The summed E-state index contributed by atoms with van der Waals surface area (Å²) in [6.07, 6.45) is -0.622. The van der Waals surface area contributed by atoms with Crippen molar-refractivity contribution in [2.45, 2.75) is 52.1 Å². The fourth-order valence-electron chi connectivity index (χ4n) is 6.39. The molecule has 1 saturated carbocycles. The first kappa shape index (κ1) is 18.3. The Morgan fingerprint density at radius 1 is 1.21 bits per heavy atom. The summed E-state index contributed by atoms with van der Waals surface area (Å²) in [5, 5.41) is 11.8. The zero-order valence-corrected chi connectivity index (χ0v) is 16.2. The predicted molar refractivity (Wildman–Crippen MR) is 96.1 cm³/mol. The monoisotopic (exact) mass is 394 g/mol. The topological polar surface area (TPSA) is 57.1 Å². The number of alkyl halides is 3. The van der Waals surface area contributed by atoms with E-state index < -0.39 is 12.7 Å². The first-order valence-electron chi connectivity index (χ1n) is 9.95. The number of allylic oxidation sites excluding steroid dienone is 2. The molecular weight excluding hydrogens is 369 g/mol. The summed E-state index contributed by atoms with van der Waals surface area (Å²) in [5.74, 6) is 0.946. The molecular formula is C20H25F3N4O. The number of fused-ring (bicyclic) bond motifs is 2. The molecule has 8 heteroatoms. The third kappa shape index (κ3) is 2.67. The standard InChI is InChI=1S/C20H25F3N4O/c1-17(2)5-13-15(14(28)6-17)19(12-7-24-26-16(12)25-13)8-18(9-19)3-4-27(10-18)11-20(21,22)23/h25H,3-11H2,1-2H3. The number of azo groups is 1. The highest BCUT2D eigenvalue weighted by molar-refractivity contribution is 6.00. The lowest BCUT2D eigenvalue weighted by molar-refractivity contribution is -0.145. The number of halogens is 3. The van der Waals surface area contributed by atoms with Crippen LogP contribution in [0.25, 0.3) is 0 Å². The van der Waals surface area contributed by atoms with Gasteiger partial charge in [-0.25, -0.2) is 0 Å². The zero-order valence-electron chi connectivity index (χ0n) is 16.2. The SMILES string of the molecule is CC1(C)CC(=O)C2=C(C1)NC1=C(CN=N1)C21CC2(CCN(CC(F)(F)F)C2)C1. The molecule has 2 spiro atoms. The molecule has 0 aromatic carbocycles. The van der Waals surface area contributed by atoms with Crippen molar-refractivity contribution in [2.24, 2.45) is 26.5 Å². The molecule has 5 aliphatic rings. The molecule has 3 heterocycles. The predicted octanol–water partition coefficient (Wildman–Crippen LogP) is 3.94. The Hall–Kier alpha value is -1.70. The van der Waals surface area contributed by atoms with Gasteiger partial charge in [-0.3, -0.25) is 9.69 Å². The van der Waals surface area contributed by atoms with Gasteiger partial charge in [0, 0.05) is 35.2 Å².